The van der Waals surface area contributed by atoms with E-state index in [0.29, 0.717) is 13.1 Å². The van der Waals surface area contributed by atoms with E-state index in [2.05, 4.69) is 46.8 Å². The number of hydrogen-bond donors (Lipinski definition) is 2. The molecule has 2 aromatic carbocycles. The van der Waals surface area contributed by atoms with Crippen molar-refractivity contribution in [3.8, 4) is 11.5 Å². The highest BCUT2D eigenvalue weighted by Gasteiger charge is 2.06. The lowest BCUT2D eigenvalue weighted by molar-refractivity contribution is 0.408. The highest BCUT2D eigenvalue weighted by atomic mass is 127. The van der Waals surface area contributed by atoms with E-state index in [1.807, 2.05) is 19.1 Å². The smallest absolute Gasteiger partial charge is 0.191 e. The summed E-state index contributed by atoms with van der Waals surface area (Å²) in [6.07, 6.45) is 0. The van der Waals surface area contributed by atoms with E-state index >= 15 is 0 Å². The van der Waals surface area contributed by atoms with Gasteiger partial charge in [0.1, 0.15) is 11.5 Å². The van der Waals surface area contributed by atoms with Gasteiger partial charge in [-0.2, -0.15) is 0 Å². The minimum atomic E-state index is 0. The maximum Gasteiger partial charge on any atom is 0.191 e. The Morgan fingerprint density at radius 2 is 1.62 bits per heavy atom. The number of ether oxygens (including phenoxy) is 2. The van der Waals surface area contributed by atoms with Crippen LogP contribution in [0, 0.1) is 13.8 Å². The minimum absolute atomic E-state index is 0. The average molecular weight is 469 g/mol. The Bertz CT molecular complexity index is 748. The molecule has 0 radical (unpaired) electrons. The highest BCUT2D eigenvalue weighted by Crippen LogP contribution is 2.20. The minimum Gasteiger partial charge on any atom is -0.496 e. The zero-order valence-electron chi connectivity index (χ0n) is 16.1. The largest absolute Gasteiger partial charge is 0.496 e. The van der Waals surface area contributed by atoms with Gasteiger partial charge in [-0.3, -0.25) is 4.99 Å². The molecule has 0 amide bonds. The zero-order valence-corrected chi connectivity index (χ0v) is 18.4. The fourth-order valence-electron chi connectivity index (χ4n) is 2.56. The Hall–Kier alpha value is -1.96. The summed E-state index contributed by atoms with van der Waals surface area (Å²) in [5.74, 6) is 2.51. The monoisotopic (exact) mass is 469 g/mol. The van der Waals surface area contributed by atoms with E-state index in [4.69, 9.17) is 9.47 Å². The second kappa shape index (κ2) is 10.9. The zero-order chi connectivity index (χ0) is 18.2. The Morgan fingerprint density at radius 3 is 2.27 bits per heavy atom. The quantitative estimate of drug-likeness (QED) is 0.384. The first kappa shape index (κ1) is 22.1. The molecule has 0 atom stereocenters. The maximum atomic E-state index is 5.44. The van der Waals surface area contributed by atoms with Crippen LogP contribution < -0.4 is 20.1 Å². The van der Waals surface area contributed by atoms with Gasteiger partial charge in [-0.1, -0.05) is 24.3 Å². The molecule has 2 rings (SSSR count). The number of benzene rings is 2. The number of aryl methyl sites for hydroxylation is 2. The van der Waals surface area contributed by atoms with Crippen molar-refractivity contribution in [1.82, 2.24) is 10.6 Å². The molecule has 0 unspecified atom stereocenters. The molecule has 0 saturated carbocycles. The van der Waals surface area contributed by atoms with Gasteiger partial charge in [-0.25, -0.2) is 0 Å². The molecule has 0 heterocycles. The lowest BCUT2D eigenvalue weighted by Crippen LogP contribution is -2.36. The van der Waals surface area contributed by atoms with Gasteiger partial charge in [-0.05, 0) is 42.7 Å². The standard InChI is InChI=1S/C20H27N3O2.HI/c1-14-6-9-17(19(10-14)25-5)13-23-20(21-3)22-12-16-8-7-15(2)18(11-16)24-4;/h6-11H,12-13H2,1-5H3,(H2,21,22,23);1H. The molecule has 2 N–H and O–H groups in total. The Balaban J connectivity index is 0.00000338. The van der Waals surface area contributed by atoms with Crippen molar-refractivity contribution < 1.29 is 9.47 Å². The molecule has 0 spiro atoms. The van der Waals surface area contributed by atoms with Crippen LogP contribution in [0.5, 0.6) is 11.5 Å². The summed E-state index contributed by atoms with van der Waals surface area (Å²) in [5, 5.41) is 6.64. The van der Waals surface area contributed by atoms with Gasteiger partial charge in [0.05, 0.1) is 14.2 Å². The van der Waals surface area contributed by atoms with E-state index in [1.165, 1.54) is 5.56 Å². The summed E-state index contributed by atoms with van der Waals surface area (Å²) in [4.78, 5) is 4.27. The maximum absolute atomic E-state index is 5.44. The molecule has 0 aliphatic rings. The van der Waals surface area contributed by atoms with Crippen LogP contribution >= 0.6 is 24.0 Å². The van der Waals surface area contributed by atoms with E-state index < -0.39 is 0 Å². The second-order valence-electron chi connectivity index (χ2n) is 5.90. The van der Waals surface area contributed by atoms with Crippen molar-refractivity contribution in [1.29, 1.82) is 0 Å². The van der Waals surface area contributed by atoms with Gasteiger partial charge in [0.25, 0.3) is 0 Å². The molecule has 2 aromatic rings. The third kappa shape index (κ3) is 6.09. The molecule has 0 aliphatic carbocycles. The van der Waals surface area contributed by atoms with Crippen LogP contribution in [0.3, 0.4) is 0 Å². The first-order chi connectivity index (χ1) is 12.1. The van der Waals surface area contributed by atoms with Crippen molar-refractivity contribution in [3.63, 3.8) is 0 Å². The third-order valence-electron chi connectivity index (χ3n) is 4.04. The first-order valence-electron chi connectivity index (χ1n) is 8.29. The summed E-state index contributed by atoms with van der Waals surface area (Å²) in [6.45, 7) is 5.39. The van der Waals surface area contributed by atoms with Gasteiger partial charge in [-0.15, -0.1) is 24.0 Å². The van der Waals surface area contributed by atoms with Crippen molar-refractivity contribution in [3.05, 3.63) is 58.7 Å². The number of guanidine groups is 1. The lowest BCUT2D eigenvalue weighted by Gasteiger charge is -2.15. The summed E-state index contributed by atoms with van der Waals surface area (Å²) in [5.41, 5.74) is 4.53. The molecule has 142 valence electrons. The number of halogens is 1. The molecule has 6 heteroatoms. The summed E-state index contributed by atoms with van der Waals surface area (Å²) < 4.78 is 10.8. The number of nitrogens with one attached hydrogen (secondary N) is 2. The van der Waals surface area contributed by atoms with Crippen molar-refractivity contribution in [2.45, 2.75) is 26.9 Å². The molecule has 0 bridgehead atoms. The lowest BCUT2D eigenvalue weighted by atomic mass is 10.1. The number of hydrogen-bond acceptors (Lipinski definition) is 3. The molecular formula is C20H28IN3O2. The predicted octanol–water partition coefficient (Wildman–Crippen LogP) is 3.80. The first-order valence-corrected chi connectivity index (χ1v) is 8.29. The molecule has 26 heavy (non-hydrogen) atoms. The molecular weight excluding hydrogens is 441 g/mol. The Kier molecular flexibility index (Phi) is 9.26. The molecule has 0 saturated heterocycles. The summed E-state index contributed by atoms with van der Waals surface area (Å²) in [7, 11) is 5.14. The number of rotatable bonds is 6. The molecule has 0 aromatic heterocycles. The fraction of sp³-hybridized carbons (Fsp3) is 0.350. The average Bonchev–Trinajstić information content (AvgIpc) is 2.63. The third-order valence-corrected chi connectivity index (χ3v) is 4.04. The normalized spacial score (nSPS) is 10.7. The summed E-state index contributed by atoms with van der Waals surface area (Å²) in [6, 6.07) is 12.4. The molecule has 0 aliphatic heterocycles. The van der Waals surface area contributed by atoms with E-state index in [1.54, 1.807) is 21.3 Å². The van der Waals surface area contributed by atoms with Crippen molar-refractivity contribution >= 4 is 29.9 Å². The highest BCUT2D eigenvalue weighted by molar-refractivity contribution is 14.0. The van der Waals surface area contributed by atoms with Gasteiger partial charge in [0.2, 0.25) is 0 Å². The van der Waals surface area contributed by atoms with Crippen LogP contribution in [0.1, 0.15) is 22.3 Å². The second-order valence-corrected chi connectivity index (χ2v) is 5.90. The van der Waals surface area contributed by atoms with Crippen molar-refractivity contribution in [2.24, 2.45) is 4.99 Å². The number of nitrogens with zero attached hydrogens (tertiary/aromatic N) is 1. The van der Waals surface area contributed by atoms with Crippen LogP contribution in [0.2, 0.25) is 0 Å². The van der Waals surface area contributed by atoms with Crippen LogP contribution in [0.4, 0.5) is 0 Å². The van der Waals surface area contributed by atoms with E-state index in [-0.39, 0.29) is 24.0 Å². The predicted molar refractivity (Wildman–Crippen MR) is 118 cm³/mol. The van der Waals surface area contributed by atoms with Crippen LogP contribution in [-0.4, -0.2) is 27.2 Å². The van der Waals surface area contributed by atoms with Gasteiger partial charge < -0.3 is 20.1 Å². The molecule has 0 fully saturated rings. The Morgan fingerprint density at radius 1 is 0.923 bits per heavy atom. The van der Waals surface area contributed by atoms with E-state index in [9.17, 15) is 0 Å². The molecule has 5 nitrogen and oxygen atoms in total. The van der Waals surface area contributed by atoms with Gasteiger partial charge >= 0.3 is 0 Å². The number of methoxy groups -OCH3 is 2. The summed E-state index contributed by atoms with van der Waals surface area (Å²) >= 11 is 0. The van der Waals surface area contributed by atoms with Crippen LogP contribution in [0.15, 0.2) is 41.4 Å². The van der Waals surface area contributed by atoms with E-state index in [0.717, 1.165) is 34.1 Å². The van der Waals surface area contributed by atoms with Crippen molar-refractivity contribution in [2.75, 3.05) is 21.3 Å². The van der Waals surface area contributed by atoms with Gasteiger partial charge in [0, 0.05) is 25.7 Å². The topological polar surface area (TPSA) is 54.9 Å². The fourth-order valence-corrected chi connectivity index (χ4v) is 2.56. The Labute approximate surface area is 173 Å². The SMILES string of the molecule is CN=C(NCc1ccc(C)c(OC)c1)NCc1ccc(C)cc1OC.I. The van der Waals surface area contributed by atoms with Crippen LogP contribution in [0.25, 0.3) is 0 Å². The number of aliphatic imine (C=N–C) groups is 1. The van der Waals surface area contributed by atoms with Crippen LogP contribution in [-0.2, 0) is 13.1 Å². The van der Waals surface area contributed by atoms with Gasteiger partial charge in [0.15, 0.2) is 5.96 Å².